The van der Waals surface area contributed by atoms with E-state index in [0.29, 0.717) is 18.7 Å². The van der Waals surface area contributed by atoms with E-state index in [0.717, 1.165) is 6.54 Å². The van der Waals surface area contributed by atoms with Gasteiger partial charge in [-0.05, 0) is 24.7 Å². The lowest BCUT2D eigenvalue weighted by atomic mass is 10.1. The molecule has 6 heteroatoms. The Morgan fingerprint density at radius 3 is 2.67 bits per heavy atom. The number of nitrogens with one attached hydrogen (secondary N) is 2. The van der Waals surface area contributed by atoms with Crippen molar-refractivity contribution in [3.63, 3.8) is 0 Å². The van der Waals surface area contributed by atoms with Crippen LogP contribution < -0.4 is 10.6 Å². The van der Waals surface area contributed by atoms with E-state index in [9.17, 15) is 14.7 Å². The third-order valence-corrected chi connectivity index (χ3v) is 2.29. The van der Waals surface area contributed by atoms with E-state index in [-0.39, 0.29) is 17.2 Å². The highest BCUT2D eigenvalue weighted by Crippen LogP contribution is 2.21. The minimum absolute atomic E-state index is 0.210. The van der Waals surface area contributed by atoms with Crippen molar-refractivity contribution in [2.75, 3.05) is 18.4 Å². The Hall–Kier alpha value is -2.08. The topological polar surface area (TPSA) is 98.7 Å². The second-order valence-electron chi connectivity index (χ2n) is 3.69. The van der Waals surface area contributed by atoms with Gasteiger partial charge in [-0.3, -0.25) is 4.79 Å². The normalized spacial score (nSPS) is 10.1. The molecule has 0 fully saturated rings. The van der Waals surface area contributed by atoms with Gasteiger partial charge in [-0.25, -0.2) is 4.79 Å². The molecule has 0 unspecified atom stereocenters. The van der Waals surface area contributed by atoms with E-state index >= 15 is 0 Å². The number of hydrogen-bond acceptors (Lipinski definition) is 4. The molecule has 1 aromatic rings. The number of benzene rings is 1. The van der Waals surface area contributed by atoms with Crippen LogP contribution >= 0.6 is 0 Å². The predicted octanol–water partition coefficient (Wildman–Crippen LogP) is 1.03. The average molecular weight is 252 g/mol. The molecular formula is C12H16N2O4. The minimum Gasteiger partial charge on any atom is -0.507 e. The summed E-state index contributed by atoms with van der Waals surface area (Å²) >= 11 is 0. The maximum Gasteiger partial charge on any atom is 0.339 e. The highest BCUT2D eigenvalue weighted by Gasteiger charge is 2.11. The molecule has 0 aromatic heterocycles. The van der Waals surface area contributed by atoms with E-state index < -0.39 is 5.97 Å². The van der Waals surface area contributed by atoms with Gasteiger partial charge >= 0.3 is 5.97 Å². The van der Waals surface area contributed by atoms with Gasteiger partial charge in [0.2, 0.25) is 5.91 Å². The number of carbonyl (C=O) groups excluding carboxylic acids is 1. The quantitative estimate of drug-likeness (QED) is 0.447. The Labute approximate surface area is 105 Å². The number of aromatic carboxylic acids is 1. The number of hydrogen-bond donors (Lipinski definition) is 4. The van der Waals surface area contributed by atoms with Crippen LogP contribution in [0.4, 0.5) is 5.69 Å². The summed E-state index contributed by atoms with van der Waals surface area (Å²) in [5, 5.41) is 23.7. The summed E-state index contributed by atoms with van der Waals surface area (Å²) in [5.41, 5.74) is 0.117. The zero-order valence-corrected chi connectivity index (χ0v) is 10.1. The zero-order chi connectivity index (χ0) is 13.5. The van der Waals surface area contributed by atoms with Gasteiger partial charge in [-0.2, -0.15) is 0 Å². The number of carboxylic acid groups (broad SMARTS) is 1. The molecule has 0 heterocycles. The average Bonchev–Trinajstić information content (AvgIpc) is 2.31. The molecule has 0 saturated heterocycles. The Bertz CT molecular complexity index is 446. The van der Waals surface area contributed by atoms with E-state index in [1.807, 2.05) is 6.92 Å². The Morgan fingerprint density at radius 1 is 1.33 bits per heavy atom. The van der Waals surface area contributed by atoms with Crippen LogP contribution in [0.3, 0.4) is 0 Å². The van der Waals surface area contributed by atoms with Gasteiger partial charge in [0, 0.05) is 18.7 Å². The van der Waals surface area contributed by atoms with Crippen molar-refractivity contribution in [1.82, 2.24) is 5.32 Å². The first-order chi connectivity index (χ1) is 8.54. The maximum atomic E-state index is 11.5. The summed E-state index contributed by atoms with van der Waals surface area (Å²) in [6, 6.07) is 3.92. The molecule has 0 atom stereocenters. The molecule has 1 rings (SSSR count). The summed E-state index contributed by atoms with van der Waals surface area (Å²) in [6.45, 7) is 3.29. The van der Waals surface area contributed by atoms with E-state index in [4.69, 9.17) is 5.11 Å². The van der Waals surface area contributed by atoms with Gasteiger partial charge in [0.1, 0.15) is 11.3 Å². The van der Waals surface area contributed by atoms with Gasteiger partial charge in [0.05, 0.1) is 0 Å². The third-order valence-electron chi connectivity index (χ3n) is 2.29. The molecule has 1 aromatic carbocycles. The molecule has 0 bridgehead atoms. The second kappa shape index (κ2) is 6.61. The molecule has 0 aliphatic carbocycles. The summed E-state index contributed by atoms with van der Waals surface area (Å²) in [4.78, 5) is 22.3. The number of anilines is 1. The molecule has 0 saturated carbocycles. The van der Waals surface area contributed by atoms with Crippen LogP contribution in [0.2, 0.25) is 0 Å². The highest BCUT2D eigenvalue weighted by atomic mass is 16.4. The first kappa shape index (κ1) is 14.0. The van der Waals surface area contributed by atoms with E-state index in [2.05, 4.69) is 10.6 Å². The van der Waals surface area contributed by atoms with Crippen molar-refractivity contribution in [2.45, 2.75) is 13.3 Å². The van der Waals surface area contributed by atoms with Gasteiger partial charge in [-0.1, -0.05) is 6.92 Å². The van der Waals surface area contributed by atoms with Crippen LogP contribution in [0.1, 0.15) is 23.7 Å². The number of amides is 1. The first-order valence-corrected chi connectivity index (χ1v) is 5.61. The van der Waals surface area contributed by atoms with Crippen molar-refractivity contribution >= 4 is 17.6 Å². The molecule has 0 radical (unpaired) electrons. The third kappa shape index (κ3) is 4.06. The molecule has 0 aliphatic rings. The summed E-state index contributed by atoms with van der Waals surface area (Å²) < 4.78 is 0. The second-order valence-corrected chi connectivity index (χ2v) is 3.69. The maximum absolute atomic E-state index is 11.5. The highest BCUT2D eigenvalue weighted by molar-refractivity contribution is 5.95. The number of phenols is 1. The van der Waals surface area contributed by atoms with Crippen LogP contribution in [0, 0.1) is 0 Å². The fourth-order valence-corrected chi connectivity index (χ4v) is 1.39. The molecule has 0 aliphatic heterocycles. The van der Waals surface area contributed by atoms with Gasteiger partial charge in [0.25, 0.3) is 0 Å². The Balaban J connectivity index is 2.65. The standard InChI is InChI=1S/C12H16N2O4/c1-2-13-6-5-11(16)14-8-3-4-10(15)9(7-8)12(17)18/h3-4,7,13,15H,2,5-6H2,1H3,(H,14,16)(H,17,18). The SMILES string of the molecule is CCNCCC(=O)Nc1ccc(O)c(C(=O)O)c1. The summed E-state index contributed by atoms with van der Waals surface area (Å²) in [6.07, 6.45) is 0.303. The van der Waals surface area contributed by atoms with Crippen molar-refractivity contribution in [3.8, 4) is 5.75 Å². The lowest BCUT2D eigenvalue weighted by molar-refractivity contribution is -0.116. The lowest BCUT2D eigenvalue weighted by Gasteiger charge is -2.07. The number of carboxylic acids is 1. The summed E-state index contributed by atoms with van der Waals surface area (Å²) in [7, 11) is 0. The molecule has 6 nitrogen and oxygen atoms in total. The fourth-order valence-electron chi connectivity index (χ4n) is 1.39. The van der Waals surface area contributed by atoms with E-state index in [1.165, 1.54) is 18.2 Å². The minimum atomic E-state index is -1.24. The van der Waals surface area contributed by atoms with Crippen molar-refractivity contribution in [1.29, 1.82) is 0 Å². The van der Waals surface area contributed by atoms with Crippen LogP contribution in [-0.4, -0.2) is 35.2 Å². The molecular weight excluding hydrogens is 236 g/mol. The molecule has 4 N–H and O–H groups in total. The monoisotopic (exact) mass is 252 g/mol. The number of aromatic hydroxyl groups is 1. The Kier molecular flexibility index (Phi) is 5.13. The predicted molar refractivity (Wildman–Crippen MR) is 66.9 cm³/mol. The largest absolute Gasteiger partial charge is 0.507 e. The first-order valence-electron chi connectivity index (χ1n) is 5.61. The zero-order valence-electron chi connectivity index (χ0n) is 10.1. The number of rotatable bonds is 6. The lowest BCUT2D eigenvalue weighted by Crippen LogP contribution is -2.21. The van der Waals surface area contributed by atoms with Crippen molar-refractivity contribution in [3.05, 3.63) is 23.8 Å². The van der Waals surface area contributed by atoms with Crippen LogP contribution in [0.5, 0.6) is 5.75 Å². The van der Waals surface area contributed by atoms with Crippen LogP contribution in [0.25, 0.3) is 0 Å². The van der Waals surface area contributed by atoms with Gasteiger partial charge in [-0.15, -0.1) is 0 Å². The molecule has 18 heavy (non-hydrogen) atoms. The molecule has 98 valence electrons. The van der Waals surface area contributed by atoms with Gasteiger partial charge < -0.3 is 20.8 Å². The van der Waals surface area contributed by atoms with Crippen molar-refractivity contribution < 1.29 is 19.8 Å². The molecule has 1 amide bonds. The van der Waals surface area contributed by atoms with Crippen LogP contribution in [-0.2, 0) is 4.79 Å². The molecule has 0 spiro atoms. The Morgan fingerprint density at radius 2 is 2.06 bits per heavy atom. The van der Waals surface area contributed by atoms with Crippen LogP contribution in [0.15, 0.2) is 18.2 Å². The smallest absolute Gasteiger partial charge is 0.339 e. The van der Waals surface area contributed by atoms with E-state index in [1.54, 1.807) is 0 Å². The summed E-state index contributed by atoms with van der Waals surface area (Å²) in [5.74, 6) is -1.78. The van der Waals surface area contributed by atoms with Gasteiger partial charge in [0.15, 0.2) is 0 Å². The fraction of sp³-hybridized carbons (Fsp3) is 0.333. The number of carbonyl (C=O) groups is 2. The van der Waals surface area contributed by atoms with Crippen molar-refractivity contribution in [2.24, 2.45) is 0 Å².